The molecule has 0 bridgehead atoms. The van der Waals surface area contributed by atoms with Crippen molar-refractivity contribution in [1.29, 1.82) is 0 Å². The van der Waals surface area contributed by atoms with Gasteiger partial charge in [-0.2, -0.15) is 0 Å². The van der Waals surface area contributed by atoms with Crippen LogP contribution in [0.1, 0.15) is 27.6 Å². The minimum absolute atomic E-state index is 0.0775. The van der Waals surface area contributed by atoms with Crippen molar-refractivity contribution in [3.8, 4) is 0 Å². The van der Waals surface area contributed by atoms with Crippen LogP contribution < -0.4 is 15.4 Å². The first-order chi connectivity index (χ1) is 13.8. The Hall–Kier alpha value is -3.17. The number of nitrogens with two attached hydrogens (primary N) is 1. The number of hydrogen-bond acceptors (Lipinski definition) is 5. The minimum Gasteiger partial charge on any atom is -0.366 e. The van der Waals surface area contributed by atoms with Crippen LogP contribution in [0.3, 0.4) is 0 Å². The number of thiophene rings is 1. The van der Waals surface area contributed by atoms with E-state index in [1.165, 1.54) is 46.0 Å². The summed E-state index contributed by atoms with van der Waals surface area (Å²) in [5.41, 5.74) is 6.32. The lowest BCUT2D eigenvalue weighted by molar-refractivity contribution is 0.100. The molecule has 7 nitrogen and oxygen atoms in total. The Balaban J connectivity index is 1.83. The molecule has 0 atom stereocenters. The van der Waals surface area contributed by atoms with Gasteiger partial charge in [0.15, 0.2) is 0 Å². The number of sulfonamides is 1. The van der Waals surface area contributed by atoms with E-state index < -0.39 is 21.8 Å². The Labute approximate surface area is 172 Å². The van der Waals surface area contributed by atoms with Gasteiger partial charge in [-0.3, -0.25) is 13.9 Å². The zero-order valence-corrected chi connectivity index (χ0v) is 17.2. The second kappa shape index (κ2) is 8.46. The van der Waals surface area contributed by atoms with Gasteiger partial charge in [0, 0.05) is 12.1 Å². The molecule has 0 unspecified atom stereocenters. The van der Waals surface area contributed by atoms with Crippen molar-refractivity contribution in [3.63, 3.8) is 0 Å². The van der Waals surface area contributed by atoms with E-state index in [1.807, 2.05) is 6.07 Å². The van der Waals surface area contributed by atoms with E-state index in [2.05, 4.69) is 5.32 Å². The Bertz CT molecular complexity index is 1120. The Morgan fingerprint density at radius 2 is 1.69 bits per heavy atom. The lowest BCUT2D eigenvalue weighted by atomic mass is 10.2. The van der Waals surface area contributed by atoms with Crippen LogP contribution in [0, 0.1) is 0 Å². The molecule has 3 rings (SSSR count). The number of benzene rings is 2. The van der Waals surface area contributed by atoms with Gasteiger partial charge in [-0.25, -0.2) is 8.42 Å². The number of nitrogens with zero attached hydrogens (tertiary/aromatic N) is 1. The monoisotopic (exact) mass is 429 g/mol. The standard InChI is InChI=1S/C20H19N3O4S2/c1-2-23(15-6-4-3-5-7-15)29(26,27)16-10-8-14(9-11-16)19(25)22-20-17(18(21)24)12-13-28-20/h3-13H,2H2,1H3,(H2,21,24)(H,22,25). The average molecular weight is 430 g/mol. The number of carbonyl (C=O) groups excluding carboxylic acids is 2. The van der Waals surface area contributed by atoms with Crippen LogP contribution in [0.2, 0.25) is 0 Å². The molecule has 0 aliphatic heterocycles. The van der Waals surface area contributed by atoms with E-state index >= 15 is 0 Å². The molecule has 29 heavy (non-hydrogen) atoms. The summed E-state index contributed by atoms with van der Waals surface area (Å²) in [5, 5.41) is 4.62. The third-order valence-corrected chi connectivity index (χ3v) is 6.94. The topological polar surface area (TPSA) is 110 Å². The van der Waals surface area contributed by atoms with E-state index in [4.69, 9.17) is 5.73 Å². The molecule has 0 spiro atoms. The predicted octanol–water partition coefficient (Wildman–Crippen LogP) is 3.31. The lowest BCUT2D eigenvalue weighted by Crippen LogP contribution is -2.30. The summed E-state index contributed by atoms with van der Waals surface area (Å²) >= 11 is 1.18. The Morgan fingerprint density at radius 1 is 1.03 bits per heavy atom. The van der Waals surface area contributed by atoms with Gasteiger partial charge < -0.3 is 11.1 Å². The second-order valence-corrected chi connectivity index (χ2v) is 8.79. The van der Waals surface area contributed by atoms with E-state index in [9.17, 15) is 18.0 Å². The highest BCUT2D eigenvalue weighted by atomic mass is 32.2. The fourth-order valence-corrected chi connectivity index (χ4v) is 5.03. The van der Waals surface area contributed by atoms with Crippen LogP contribution >= 0.6 is 11.3 Å². The zero-order valence-electron chi connectivity index (χ0n) is 15.5. The molecule has 9 heteroatoms. The van der Waals surface area contributed by atoms with Crippen LogP contribution in [0.25, 0.3) is 0 Å². The molecular formula is C20H19N3O4S2. The average Bonchev–Trinajstić information content (AvgIpc) is 3.17. The van der Waals surface area contributed by atoms with Crippen LogP contribution in [-0.2, 0) is 10.0 Å². The Morgan fingerprint density at radius 3 is 2.28 bits per heavy atom. The first-order valence-electron chi connectivity index (χ1n) is 8.71. The number of hydrogen-bond donors (Lipinski definition) is 2. The van der Waals surface area contributed by atoms with Gasteiger partial charge in [-0.05, 0) is 54.8 Å². The molecule has 2 aromatic carbocycles. The third kappa shape index (κ3) is 4.30. The lowest BCUT2D eigenvalue weighted by Gasteiger charge is -2.23. The number of carbonyl (C=O) groups is 2. The van der Waals surface area contributed by atoms with E-state index in [-0.39, 0.29) is 22.6 Å². The van der Waals surface area contributed by atoms with E-state index in [1.54, 1.807) is 36.6 Å². The summed E-state index contributed by atoms with van der Waals surface area (Å²) in [7, 11) is -3.77. The van der Waals surface area contributed by atoms with Crippen molar-refractivity contribution in [1.82, 2.24) is 0 Å². The number of primary amides is 1. The van der Waals surface area contributed by atoms with Crippen LogP contribution in [0.4, 0.5) is 10.7 Å². The van der Waals surface area contributed by atoms with Crippen molar-refractivity contribution >= 4 is 43.9 Å². The van der Waals surface area contributed by atoms with Crippen LogP contribution in [0.15, 0.2) is 70.9 Å². The zero-order chi connectivity index (χ0) is 21.0. The maximum absolute atomic E-state index is 13.0. The summed E-state index contributed by atoms with van der Waals surface area (Å²) in [6.45, 7) is 2.02. The second-order valence-electron chi connectivity index (χ2n) is 6.01. The van der Waals surface area contributed by atoms with Gasteiger partial charge in [0.25, 0.3) is 21.8 Å². The quantitative estimate of drug-likeness (QED) is 0.600. The highest BCUT2D eigenvalue weighted by Crippen LogP contribution is 2.25. The largest absolute Gasteiger partial charge is 0.366 e. The molecule has 1 aromatic heterocycles. The van der Waals surface area contributed by atoms with Gasteiger partial charge >= 0.3 is 0 Å². The molecule has 0 fully saturated rings. The van der Waals surface area contributed by atoms with Gasteiger partial charge in [0.1, 0.15) is 5.00 Å². The highest BCUT2D eigenvalue weighted by Gasteiger charge is 2.24. The first-order valence-corrected chi connectivity index (χ1v) is 11.0. The fraction of sp³-hybridized carbons (Fsp3) is 0.100. The Kier molecular flexibility index (Phi) is 6.00. The molecule has 0 saturated carbocycles. The van der Waals surface area contributed by atoms with E-state index in [0.29, 0.717) is 10.7 Å². The van der Waals surface area contributed by atoms with Crippen molar-refractivity contribution in [2.24, 2.45) is 5.73 Å². The smallest absolute Gasteiger partial charge is 0.264 e. The van der Waals surface area contributed by atoms with Crippen molar-refractivity contribution < 1.29 is 18.0 Å². The van der Waals surface area contributed by atoms with Crippen LogP contribution in [0.5, 0.6) is 0 Å². The normalized spacial score (nSPS) is 11.1. The molecule has 1 heterocycles. The molecule has 2 amide bonds. The minimum atomic E-state index is -3.77. The summed E-state index contributed by atoms with van der Waals surface area (Å²) < 4.78 is 27.3. The number of nitrogens with one attached hydrogen (secondary N) is 1. The molecule has 0 aliphatic rings. The number of rotatable bonds is 7. The first kappa shape index (κ1) is 20.6. The maximum atomic E-state index is 13.0. The summed E-state index contributed by atoms with van der Waals surface area (Å²) in [4.78, 5) is 23.9. The number of amides is 2. The maximum Gasteiger partial charge on any atom is 0.264 e. The molecule has 3 aromatic rings. The third-order valence-electron chi connectivity index (χ3n) is 4.19. The summed E-state index contributed by atoms with van der Waals surface area (Å²) in [6.07, 6.45) is 0. The van der Waals surface area contributed by atoms with Gasteiger partial charge in [-0.1, -0.05) is 18.2 Å². The molecule has 0 radical (unpaired) electrons. The molecule has 0 saturated heterocycles. The molecule has 0 aliphatic carbocycles. The van der Waals surface area contributed by atoms with Crippen molar-refractivity contribution in [3.05, 3.63) is 77.2 Å². The molecule has 3 N–H and O–H groups in total. The fourth-order valence-electron chi connectivity index (χ4n) is 2.77. The van der Waals surface area contributed by atoms with Gasteiger partial charge in [-0.15, -0.1) is 11.3 Å². The van der Waals surface area contributed by atoms with Gasteiger partial charge in [0.2, 0.25) is 0 Å². The molecular weight excluding hydrogens is 410 g/mol. The molecule has 150 valence electrons. The van der Waals surface area contributed by atoms with Crippen LogP contribution in [-0.4, -0.2) is 26.8 Å². The SMILES string of the molecule is CCN(c1ccccc1)S(=O)(=O)c1ccc(C(=O)Nc2sccc2C(N)=O)cc1. The summed E-state index contributed by atoms with van der Waals surface area (Å²) in [5.74, 6) is -1.10. The summed E-state index contributed by atoms with van der Waals surface area (Å²) in [6, 6.07) is 16.0. The van der Waals surface area contributed by atoms with Crippen molar-refractivity contribution in [2.45, 2.75) is 11.8 Å². The van der Waals surface area contributed by atoms with Crippen molar-refractivity contribution in [2.75, 3.05) is 16.2 Å². The predicted molar refractivity (Wildman–Crippen MR) is 114 cm³/mol. The number of anilines is 2. The van der Waals surface area contributed by atoms with E-state index in [0.717, 1.165) is 0 Å². The highest BCUT2D eigenvalue weighted by molar-refractivity contribution is 7.92. The number of para-hydroxylation sites is 1. The van der Waals surface area contributed by atoms with Gasteiger partial charge in [0.05, 0.1) is 16.1 Å².